The zero-order valence-corrected chi connectivity index (χ0v) is 7.70. The molecule has 14 heavy (non-hydrogen) atoms. The molecule has 2 nitrogen and oxygen atoms in total. The first-order valence-electron chi connectivity index (χ1n) is 4.75. The van der Waals surface area contributed by atoms with E-state index in [0.29, 0.717) is 0 Å². The van der Waals surface area contributed by atoms with Gasteiger partial charge < -0.3 is 0 Å². The maximum atomic E-state index is 4.18. The number of aryl methyl sites for hydroxylation is 2. The molecule has 2 heteroatoms. The Morgan fingerprint density at radius 1 is 1.07 bits per heavy atom. The van der Waals surface area contributed by atoms with Gasteiger partial charge in [0.25, 0.3) is 0 Å². The van der Waals surface area contributed by atoms with Crippen molar-refractivity contribution in [3.8, 4) is 11.1 Å². The van der Waals surface area contributed by atoms with Crippen LogP contribution in [0, 0.1) is 6.33 Å². The highest BCUT2D eigenvalue weighted by Gasteiger charge is 2.15. The number of rotatable bonds is 0. The normalized spacial score (nSPS) is 13.1. The molecule has 0 bridgehead atoms. The van der Waals surface area contributed by atoms with E-state index in [0.717, 1.165) is 18.5 Å². The van der Waals surface area contributed by atoms with Gasteiger partial charge in [-0.15, -0.1) is 0 Å². The first-order valence-corrected chi connectivity index (χ1v) is 4.75. The summed E-state index contributed by atoms with van der Waals surface area (Å²) in [5, 5.41) is 0. The van der Waals surface area contributed by atoms with E-state index >= 15 is 0 Å². The van der Waals surface area contributed by atoms with Crippen LogP contribution in [-0.4, -0.2) is 9.97 Å². The minimum absolute atomic E-state index is 1.01. The molecule has 1 aliphatic carbocycles. The van der Waals surface area contributed by atoms with Crippen LogP contribution in [0.2, 0.25) is 0 Å². The number of hydrogen-bond acceptors (Lipinski definition) is 2. The number of hydrogen-bond donors (Lipinski definition) is 0. The molecular formula is C12H9N2. The van der Waals surface area contributed by atoms with Crippen LogP contribution in [0.4, 0.5) is 0 Å². The Hall–Kier alpha value is -1.70. The SMILES string of the molecule is [c]1ncc2c(n1)CCc1ccccc1-2. The predicted molar refractivity (Wildman–Crippen MR) is 53.7 cm³/mol. The number of aromatic nitrogens is 2. The van der Waals surface area contributed by atoms with Crippen LogP contribution >= 0.6 is 0 Å². The van der Waals surface area contributed by atoms with Gasteiger partial charge in [-0.3, -0.25) is 0 Å². The summed E-state index contributed by atoms with van der Waals surface area (Å²) in [6.07, 6.45) is 6.60. The van der Waals surface area contributed by atoms with Crippen molar-refractivity contribution in [1.82, 2.24) is 9.97 Å². The molecule has 67 valence electrons. The van der Waals surface area contributed by atoms with E-state index in [2.05, 4.69) is 40.6 Å². The number of benzene rings is 1. The van der Waals surface area contributed by atoms with E-state index in [9.17, 15) is 0 Å². The van der Waals surface area contributed by atoms with Crippen molar-refractivity contribution in [2.75, 3.05) is 0 Å². The molecule has 1 heterocycles. The predicted octanol–water partition coefficient (Wildman–Crippen LogP) is 2.04. The van der Waals surface area contributed by atoms with E-state index in [1.165, 1.54) is 16.7 Å². The molecule has 1 aromatic carbocycles. The molecule has 1 aromatic heterocycles. The molecule has 3 rings (SSSR count). The highest BCUT2D eigenvalue weighted by Crippen LogP contribution is 2.30. The van der Waals surface area contributed by atoms with Crippen molar-refractivity contribution in [2.45, 2.75) is 12.8 Å². The maximum Gasteiger partial charge on any atom is 0.197 e. The average Bonchev–Trinajstić information content (AvgIpc) is 2.29. The van der Waals surface area contributed by atoms with Crippen LogP contribution in [0.25, 0.3) is 11.1 Å². The fourth-order valence-corrected chi connectivity index (χ4v) is 1.99. The monoisotopic (exact) mass is 181 g/mol. The topological polar surface area (TPSA) is 25.8 Å². The van der Waals surface area contributed by atoms with Gasteiger partial charge in [-0.2, -0.15) is 0 Å². The lowest BCUT2D eigenvalue weighted by molar-refractivity contribution is 0.879. The Morgan fingerprint density at radius 2 is 2.00 bits per heavy atom. The summed E-state index contributed by atoms with van der Waals surface area (Å²) in [5.74, 6) is 0. The average molecular weight is 181 g/mol. The van der Waals surface area contributed by atoms with Crippen LogP contribution < -0.4 is 0 Å². The standard InChI is InChI=1S/C12H9N2/c1-2-4-10-9(3-1)5-6-12-11(10)7-13-8-14-12/h1-4,7H,5-6H2. The summed E-state index contributed by atoms with van der Waals surface area (Å²) < 4.78 is 0. The Kier molecular flexibility index (Phi) is 1.60. The first-order chi connectivity index (χ1) is 6.95. The molecule has 0 saturated heterocycles. The quantitative estimate of drug-likeness (QED) is 0.621. The number of fused-ring (bicyclic) bond motifs is 3. The van der Waals surface area contributed by atoms with Crippen molar-refractivity contribution in [2.24, 2.45) is 0 Å². The van der Waals surface area contributed by atoms with Crippen LogP contribution in [0.3, 0.4) is 0 Å². The minimum atomic E-state index is 1.01. The van der Waals surface area contributed by atoms with Gasteiger partial charge >= 0.3 is 0 Å². The Bertz CT molecular complexity index is 432. The second-order valence-electron chi connectivity index (χ2n) is 3.49. The Balaban J connectivity index is 2.29. The molecule has 0 aliphatic heterocycles. The molecule has 1 aliphatic rings. The van der Waals surface area contributed by atoms with Gasteiger partial charge in [0.05, 0.1) is 5.69 Å². The summed E-state index contributed by atoms with van der Waals surface area (Å²) in [5.41, 5.74) is 4.97. The highest BCUT2D eigenvalue weighted by atomic mass is 14.8. The van der Waals surface area contributed by atoms with Gasteiger partial charge in [-0.1, -0.05) is 24.3 Å². The van der Waals surface area contributed by atoms with Gasteiger partial charge in [0.15, 0.2) is 6.33 Å². The van der Waals surface area contributed by atoms with E-state index in [1.54, 1.807) is 0 Å². The van der Waals surface area contributed by atoms with Crippen molar-refractivity contribution in [3.05, 3.63) is 48.0 Å². The molecule has 0 spiro atoms. The summed E-state index contributed by atoms with van der Waals surface area (Å²) in [7, 11) is 0. The second-order valence-corrected chi connectivity index (χ2v) is 3.49. The fraction of sp³-hybridized carbons (Fsp3) is 0.167. The lowest BCUT2D eigenvalue weighted by atomic mass is 9.90. The molecule has 0 fully saturated rings. The third kappa shape index (κ3) is 1.04. The molecular weight excluding hydrogens is 172 g/mol. The zero-order chi connectivity index (χ0) is 9.38. The van der Waals surface area contributed by atoms with Gasteiger partial charge in [0, 0.05) is 11.8 Å². The zero-order valence-electron chi connectivity index (χ0n) is 7.70. The van der Waals surface area contributed by atoms with E-state index in [-0.39, 0.29) is 0 Å². The van der Waals surface area contributed by atoms with E-state index in [1.807, 2.05) is 6.20 Å². The van der Waals surface area contributed by atoms with Crippen molar-refractivity contribution in [3.63, 3.8) is 0 Å². The molecule has 0 saturated carbocycles. The van der Waals surface area contributed by atoms with E-state index < -0.39 is 0 Å². The molecule has 0 amide bonds. The molecule has 0 atom stereocenters. The van der Waals surface area contributed by atoms with Crippen LogP contribution in [0.1, 0.15) is 11.3 Å². The van der Waals surface area contributed by atoms with Gasteiger partial charge in [-0.05, 0) is 24.0 Å². The second kappa shape index (κ2) is 2.91. The highest BCUT2D eigenvalue weighted by molar-refractivity contribution is 5.70. The van der Waals surface area contributed by atoms with Crippen LogP contribution in [-0.2, 0) is 12.8 Å². The number of nitrogens with zero attached hydrogens (tertiary/aromatic N) is 2. The summed E-state index contributed by atoms with van der Waals surface area (Å²) in [6, 6.07) is 8.45. The van der Waals surface area contributed by atoms with Gasteiger partial charge in [-0.25, -0.2) is 9.97 Å². The summed E-state index contributed by atoms with van der Waals surface area (Å²) in [4.78, 5) is 8.14. The Morgan fingerprint density at radius 3 is 3.00 bits per heavy atom. The van der Waals surface area contributed by atoms with Gasteiger partial charge in [0.2, 0.25) is 0 Å². The molecule has 2 aromatic rings. The third-order valence-electron chi connectivity index (χ3n) is 2.69. The van der Waals surface area contributed by atoms with Gasteiger partial charge in [0.1, 0.15) is 0 Å². The smallest absolute Gasteiger partial charge is 0.197 e. The van der Waals surface area contributed by atoms with Crippen molar-refractivity contribution in [1.29, 1.82) is 0 Å². The third-order valence-corrected chi connectivity index (χ3v) is 2.69. The first kappa shape index (κ1) is 7.68. The fourth-order valence-electron chi connectivity index (χ4n) is 1.99. The molecule has 0 N–H and O–H groups in total. The summed E-state index contributed by atoms with van der Waals surface area (Å²) >= 11 is 0. The van der Waals surface area contributed by atoms with Crippen LogP contribution in [0.15, 0.2) is 30.5 Å². The van der Waals surface area contributed by atoms with Crippen LogP contribution in [0.5, 0.6) is 0 Å². The van der Waals surface area contributed by atoms with E-state index in [4.69, 9.17) is 0 Å². The molecule has 1 radical (unpaired) electrons. The summed E-state index contributed by atoms with van der Waals surface area (Å²) in [6.45, 7) is 0. The minimum Gasteiger partial charge on any atom is -0.233 e. The van der Waals surface area contributed by atoms with Crippen molar-refractivity contribution >= 4 is 0 Å². The Labute approximate surface area is 82.7 Å². The maximum absolute atomic E-state index is 4.18. The molecule has 0 unspecified atom stereocenters. The lowest BCUT2D eigenvalue weighted by Gasteiger charge is -2.17. The van der Waals surface area contributed by atoms with Crippen molar-refractivity contribution < 1.29 is 0 Å². The largest absolute Gasteiger partial charge is 0.233 e. The lowest BCUT2D eigenvalue weighted by Crippen LogP contribution is -2.06.